The second-order valence-electron chi connectivity index (χ2n) is 2.92. The summed E-state index contributed by atoms with van der Waals surface area (Å²) in [5.74, 6) is -0.280. The van der Waals surface area contributed by atoms with Gasteiger partial charge in [-0.3, -0.25) is 19.3 Å². The van der Waals surface area contributed by atoms with Crippen LogP contribution in [0.25, 0.3) is 0 Å². The Morgan fingerprint density at radius 3 is 2.87 bits per heavy atom. The van der Waals surface area contributed by atoms with Crippen LogP contribution in [0.15, 0.2) is 0 Å². The van der Waals surface area contributed by atoms with E-state index in [9.17, 15) is 14.4 Å². The maximum atomic E-state index is 11.3. The molecule has 3 amide bonds. The number of nitrogens with zero attached hydrogens (tertiary/aromatic N) is 1. The fourth-order valence-corrected chi connectivity index (χ4v) is 1.86. The van der Waals surface area contributed by atoms with Gasteiger partial charge in [0.05, 0.1) is 6.61 Å². The number of imide groups is 1. The zero-order valence-electron chi connectivity index (χ0n) is 8.06. The van der Waals surface area contributed by atoms with Gasteiger partial charge >= 0.3 is 0 Å². The number of hydrogen-bond donors (Lipinski definition) is 2. The molecule has 0 aromatic rings. The molecular formula is C8H12N2O4S. The van der Waals surface area contributed by atoms with Gasteiger partial charge in [0.15, 0.2) is 0 Å². The first-order valence-corrected chi connectivity index (χ1v) is 5.48. The molecule has 84 valence electrons. The first kappa shape index (κ1) is 12.0. The highest BCUT2D eigenvalue weighted by molar-refractivity contribution is 8.13. The summed E-state index contributed by atoms with van der Waals surface area (Å²) in [5.41, 5.74) is 0. The van der Waals surface area contributed by atoms with Crippen molar-refractivity contribution in [3.63, 3.8) is 0 Å². The van der Waals surface area contributed by atoms with Crippen LogP contribution in [0.2, 0.25) is 0 Å². The Kier molecular flexibility index (Phi) is 4.57. The average molecular weight is 232 g/mol. The molecule has 0 radical (unpaired) electrons. The minimum absolute atomic E-state index is 0.127. The smallest absolute Gasteiger partial charge is 0.288 e. The van der Waals surface area contributed by atoms with E-state index in [2.05, 4.69) is 5.32 Å². The molecule has 1 aliphatic heterocycles. The van der Waals surface area contributed by atoms with E-state index in [4.69, 9.17) is 5.11 Å². The van der Waals surface area contributed by atoms with Gasteiger partial charge in [-0.15, -0.1) is 0 Å². The second kappa shape index (κ2) is 5.72. The lowest BCUT2D eigenvalue weighted by Crippen LogP contribution is -2.45. The number of thioether (sulfide) groups is 1. The Hall–Kier alpha value is -1.08. The largest absolute Gasteiger partial charge is 0.395 e. The van der Waals surface area contributed by atoms with E-state index in [0.29, 0.717) is 5.75 Å². The normalized spacial score (nSPS) is 16.7. The predicted molar refractivity (Wildman–Crippen MR) is 54.3 cm³/mol. The summed E-state index contributed by atoms with van der Waals surface area (Å²) >= 11 is 1.03. The molecule has 1 saturated heterocycles. The molecule has 1 heterocycles. The van der Waals surface area contributed by atoms with E-state index in [1.54, 1.807) is 0 Å². The van der Waals surface area contributed by atoms with Gasteiger partial charge in [-0.25, -0.2) is 0 Å². The van der Waals surface area contributed by atoms with Crippen LogP contribution in [-0.4, -0.2) is 52.5 Å². The lowest BCUT2D eigenvalue weighted by molar-refractivity contribution is -0.132. The minimum Gasteiger partial charge on any atom is -0.395 e. The maximum Gasteiger partial charge on any atom is 0.288 e. The van der Waals surface area contributed by atoms with Gasteiger partial charge in [-0.1, -0.05) is 11.8 Å². The number of carbonyl (C=O) groups excluding carboxylic acids is 3. The van der Waals surface area contributed by atoms with E-state index in [1.807, 2.05) is 0 Å². The van der Waals surface area contributed by atoms with Crippen molar-refractivity contribution < 1.29 is 19.5 Å². The fraction of sp³-hybridized carbons (Fsp3) is 0.625. The van der Waals surface area contributed by atoms with Crippen LogP contribution < -0.4 is 5.32 Å². The lowest BCUT2D eigenvalue weighted by atomic mass is 10.4. The molecule has 0 aliphatic carbocycles. The summed E-state index contributed by atoms with van der Waals surface area (Å²) in [6.45, 7) is -0.296. The van der Waals surface area contributed by atoms with Crippen LogP contribution in [-0.2, 0) is 9.59 Å². The van der Waals surface area contributed by atoms with Crippen molar-refractivity contribution in [3.8, 4) is 0 Å². The molecule has 1 fully saturated rings. The highest BCUT2D eigenvalue weighted by atomic mass is 32.2. The molecule has 0 unspecified atom stereocenters. The molecule has 2 N–H and O–H groups in total. The van der Waals surface area contributed by atoms with E-state index in [-0.39, 0.29) is 37.3 Å². The van der Waals surface area contributed by atoms with Gasteiger partial charge in [-0.05, 0) is 0 Å². The number of aliphatic hydroxyl groups excluding tert-OH is 1. The molecule has 0 aromatic heterocycles. The van der Waals surface area contributed by atoms with Gasteiger partial charge in [0.25, 0.3) is 5.24 Å². The SMILES string of the molecule is O=C(CN1C(=O)CCSC1=O)NCCO. The second-order valence-corrected chi connectivity index (χ2v) is 3.96. The van der Waals surface area contributed by atoms with Crippen molar-refractivity contribution >= 4 is 28.8 Å². The van der Waals surface area contributed by atoms with Crippen LogP contribution >= 0.6 is 11.8 Å². The summed E-state index contributed by atoms with van der Waals surface area (Å²) < 4.78 is 0. The standard InChI is InChI=1S/C8H12N2O4S/c11-3-2-9-6(12)5-10-7(13)1-4-15-8(10)14/h11H,1-5H2,(H,9,12). The third-order valence-electron chi connectivity index (χ3n) is 1.80. The minimum atomic E-state index is -0.437. The Morgan fingerprint density at radius 1 is 1.53 bits per heavy atom. The zero-order chi connectivity index (χ0) is 11.3. The summed E-state index contributed by atoms with van der Waals surface area (Å²) in [7, 11) is 0. The quantitative estimate of drug-likeness (QED) is 0.661. The van der Waals surface area contributed by atoms with E-state index >= 15 is 0 Å². The third-order valence-corrected chi connectivity index (χ3v) is 2.67. The van der Waals surface area contributed by atoms with Gasteiger partial charge in [0.2, 0.25) is 11.8 Å². The van der Waals surface area contributed by atoms with Crippen LogP contribution in [0.4, 0.5) is 4.79 Å². The molecular weight excluding hydrogens is 220 g/mol. The molecule has 0 saturated carbocycles. The van der Waals surface area contributed by atoms with Crippen LogP contribution in [0, 0.1) is 0 Å². The number of carbonyl (C=O) groups is 3. The van der Waals surface area contributed by atoms with Crippen molar-refractivity contribution in [2.45, 2.75) is 6.42 Å². The van der Waals surface area contributed by atoms with Crippen LogP contribution in [0.1, 0.15) is 6.42 Å². The molecule has 6 nitrogen and oxygen atoms in total. The van der Waals surface area contributed by atoms with Crippen LogP contribution in [0.3, 0.4) is 0 Å². The lowest BCUT2D eigenvalue weighted by Gasteiger charge is -2.23. The summed E-state index contributed by atoms with van der Waals surface area (Å²) in [5, 5.41) is 10.5. The number of hydrogen-bond acceptors (Lipinski definition) is 5. The number of nitrogens with one attached hydrogen (secondary N) is 1. The van der Waals surface area contributed by atoms with E-state index in [0.717, 1.165) is 16.7 Å². The highest BCUT2D eigenvalue weighted by Gasteiger charge is 2.28. The Morgan fingerprint density at radius 2 is 2.27 bits per heavy atom. The first-order chi connectivity index (χ1) is 7.15. The molecule has 0 bridgehead atoms. The van der Waals surface area contributed by atoms with Crippen molar-refractivity contribution in [1.82, 2.24) is 10.2 Å². The molecule has 0 atom stereocenters. The highest BCUT2D eigenvalue weighted by Crippen LogP contribution is 2.17. The summed E-state index contributed by atoms with van der Waals surface area (Å²) in [6.07, 6.45) is 0.281. The van der Waals surface area contributed by atoms with E-state index in [1.165, 1.54) is 0 Å². The average Bonchev–Trinajstić information content (AvgIpc) is 2.21. The topological polar surface area (TPSA) is 86.7 Å². The van der Waals surface area contributed by atoms with Gasteiger partial charge in [-0.2, -0.15) is 0 Å². The van der Waals surface area contributed by atoms with Gasteiger partial charge in [0, 0.05) is 18.7 Å². The predicted octanol–water partition coefficient (Wildman–Crippen LogP) is -0.820. The summed E-state index contributed by atoms with van der Waals surface area (Å²) in [4.78, 5) is 34.6. The molecule has 0 spiro atoms. The Balaban J connectivity index is 2.44. The number of amides is 3. The maximum absolute atomic E-state index is 11.3. The molecule has 1 rings (SSSR count). The molecule has 15 heavy (non-hydrogen) atoms. The van der Waals surface area contributed by atoms with Crippen molar-refractivity contribution in [1.29, 1.82) is 0 Å². The Labute approximate surface area is 91.0 Å². The fourth-order valence-electron chi connectivity index (χ4n) is 1.09. The molecule has 7 heteroatoms. The van der Waals surface area contributed by atoms with Gasteiger partial charge < -0.3 is 10.4 Å². The monoisotopic (exact) mass is 232 g/mol. The first-order valence-electron chi connectivity index (χ1n) is 4.50. The Bertz CT molecular complexity index is 266. The summed E-state index contributed by atoms with van der Waals surface area (Å²) in [6, 6.07) is 0. The van der Waals surface area contributed by atoms with Gasteiger partial charge in [0.1, 0.15) is 6.54 Å². The van der Waals surface area contributed by atoms with Crippen molar-refractivity contribution in [3.05, 3.63) is 0 Å². The van der Waals surface area contributed by atoms with Crippen LogP contribution in [0.5, 0.6) is 0 Å². The van der Waals surface area contributed by atoms with Crippen molar-refractivity contribution in [2.75, 3.05) is 25.4 Å². The number of aliphatic hydroxyl groups is 1. The molecule has 1 aliphatic rings. The zero-order valence-corrected chi connectivity index (χ0v) is 8.88. The van der Waals surface area contributed by atoms with Crippen molar-refractivity contribution in [2.24, 2.45) is 0 Å². The molecule has 0 aromatic carbocycles. The van der Waals surface area contributed by atoms with E-state index < -0.39 is 5.91 Å². The number of rotatable bonds is 4. The third kappa shape index (κ3) is 3.52.